The maximum Gasteiger partial charge on any atom is 0.291 e. The van der Waals surface area contributed by atoms with E-state index in [1.807, 2.05) is 18.2 Å². The number of pyridine rings is 1. The first-order valence-electron chi connectivity index (χ1n) is 9.18. The highest BCUT2D eigenvalue weighted by Gasteiger charge is 2.25. The van der Waals surface area contributed by atoms with Gasteiger partial charge in [0, 0.05) is 44.3 Å². The molecule has 0 spiro atoms. The highest BCUT2D eigenvalue weighted by atomic mass is 32.1. The molecule has 0 radical (unpaired) electrons. The summed E-state index contributed by atoms with van der Waals surface area (Å²) in [6.45, 7) is 3.64. The van der Waals surface area contributed by atoms with E-state index in [0.29, 0.717) is 28.9 Å². The van der Waals surface area contributed by atoms with Crippen molar-refractivity contribution in [2.45, 2.75) is 6.54 Å². The lowest BCUT2D eigenvalue weighted by Crippen LogP contribution is -2.48. The average Bonchev–Trinajstić information content (AvgIpc) is 3.17. The lowest BCUT2D eigenvalue weighted by molar-refractivity contribution is -0.114. The van der Waals surface area contributed by atoms with Gasteiger partial charge in [0.25, 0.3) is 17.6 Å². The van der Waals surface area contributed by atoms with Crippen LogP contribution in [0.5, 0.6) is 0 Å². The Morgan fingerprint density at radius 2 is 1.79 bits per heavy atom. The van der Waals surface area contributed by atoms with Crippen molar-refractivity contribution in [3.8, 4) is 0 Å². The number of benzene rings is 1. The third-order valence-corrected chi connectivity index (χ3v) is 5.70. The molecule has 1 fully saturated rings. The van der Waals surface area contributed by atoms with Crippen LogP contribution >= 0.6 is 11.5 Å². The lowest BCUT2D eigenvalue weighted by Gasteiger charge is -2.34. The monoisotopic (exact) mass is 409 g/mol. The van der Waals surface area contributed by atoms with Crippen molar-refractivity contribution in [2.75, 3.05) is 26.2 Å². The number of fused-ring (bicyclic) bond motifs is 1. The summed E-state index contributed by atoms with van der Waals surface area (Å²) >= 11 is 0.996. The van der Waals surface area contributed by atoms with E-state index < -0.39 is 11.7 Å². The predicted octanol–water partition coefficient (Wildman–Crippen LogP) is 1.32. The molecule has 0 aliphatic carbocycles. The summed E-state index contributed by atoms with van der Waals surface area (Å²) < 4.78 is 3.98. The average molecular weight is 409 g/mol. The molecule has 4 rings (SSSR count). The summed E-state index contributed by atoms with van der Waals surface area (Å²) in [4.78, 5) is 44.9. The number of carbonyl (C=O) groups excluding carboxylic acids is 3. The number of aromatic nitrogens is 2. The minimum Gasteiger partial charge on any atom is -0.363 e. The minimum absolute atomic E-state index is 0.0488. The Morgan fingerprint density at radius 3 is 2.48 bits per heavy atom. The van der Waals surface area contributed by atoms with Crippen LogP contribution in [-0.4, -0.2) is 62.9 Å². The smallest absolute Gasteiger partial charge is 0.291 e. The molecule has 0 atom stereocenters. The molecule has 2 N–H and O–H groups in total. The lowest BCUT2D eigenvalue weighted by atomic mass is 10.1. The van der Waals surface area contributed by atoms with Crippen LogP contribution in [0.2, 0.25) is 0 Å². The maximum absolute atomic E-state index is 12.9. The van der Waals surface area contributed by atoms with Crippen molar-refractivity contribution in [3.63, 3.8) is 0 Å². The second-order valence-electron chi connectivity index (χ2n) is 6.86. The number of hydrogen-bond donors (Lipinski definition) is 1. The fraction of sp³-hybridized carbons (Fsp3) is 0.250. The van der Waals surface area contributed by atoms with Gasteiger partial charge in [-0.05, 0) is 23.2 Å². The number of amides is 2. The molecule has 2 aromatic heterocycles. The Balaban J connectivity index is 1.46. The van der Waals surface area contributed by atoms with E-state index in [0.717, 1.165) is 31.2 Å². The van der Waals surface area contributed by atoms with Gasteiger partial charge in [-0.1, -0.05) is 30.3 Å². The molecule has 1 aliphatic heterocycles. The first-order valence-corrected chi connectivity index (χ1v) is 9.95. The number of hydrogen-bond acceptors (Lipinski definition) is 7. The summed E-state index contributed by atoms with van der Waals surface area (Å²) in [5, 5.41) is 0.382. The van der Waals surface area contributed by atoms with E-state index in [-0.39, 0.29) is 11.6 Å². The van der Waals surface area contributed by atoms with Crippen LogP contribution in [0.3, 0.4) is 0 Å². The predicted molar refractivity (Wildman–Crippen MR) is 109 cm³/mol. The number of ketones is 1. The first kappa shape index (κ1) is 19.2. The van der Waals surface area contributed by atoms with Crippen LogP contribution in [0.1, 0.15) is 26.4 Å². The largest absolute Gasteiger partial charge is 0.363 e. The van der Waals surface area contributed by atoms with Gasteiger partial charge < -0.3 is 10.6 Å². The van der Waals surface area contributed by atoms with Gasteiger partial charge >= 0.3 is 0 Å². The van der Waals surface area contributed by atoms with E-state index >= 15 is 0 Å². The van der Waals surface area contributed by atoms with Crippen molar-refractivity contribution in [1.29, 1.82) is 0 Å². The van der Waals surface area contributed by atoms with Crippen LogP contribution in [0.15, 0.2) is 42.6 Å². The van der Waals surface area contributed by atoms with Gasteiger partial charge in [-0.15, -0.1) is 0 Å². The molecule has 8 nitrogen and oxygen atoms in total. The van der Waals surface area contributed by atoms with E-state index in [2.05, 4.69) is 26.4 Å². The van der Waals surface area contributed by atoms with Gasteiger partial charge in [-0.3, -0.25) is 19.3 Å². The number of piperazine rings is 1. The molecule has 9 heteroatoms. The Hall–Kier alpha value is -3.17. The summed E-state index contributed by atoms with van der Waals surface area (Å²) in [6, 6.07) is 11.8. The fourth-order valence-corrected chi connectivity index (χ4v) is 4.08. The number of nitrogens with two attached hydrogens (primary N) is 1. The van der Waals surface area contributed by atoms with E-state index in [9.17, 15) is 14.4 Å². The second-order valence-corrected chi connectivity index (χ2v) is 7.61. The van der Waals surface area contributed by atoms with Crippen molar-refractivity contribution in [2.24, 2.45) is 5.73 Å². The molecule has 3 heterocycles. The van der Waals surface area contributed by atoms with Gasteiger partial charge in [0.2, 0.25) is 0 Å². The molecule has 0 bridgehead atoms. The minimum atomic E-state index is -1.08. The van der Waals surface area contributed by atoms with Crippen molar-refractivity contribution >= 4 is 39.3 Å². The van der Waals surface area contributed by atoms with Crippen LogP contribution in [0.25, 0.3) is 10.2 Å². The Kier molecular flexibility index (Phi) is 5.32. The van der Waals surface area contributed by atoms with Crippen LogP contribution in [-0.2, 0) is 11.3 Å². The third kappa shape index (κ3) is 4.01. The van der Waals surface area contributed by atoms with Crippen LogP contribution in [0.4, 0.5) is 0 Å². The molecule has 0 saturated carbocycles. The third-order valence-electron chi connectivity index (χ3n) is 4.92. The molecule has 2 amide bonds. The first-order chi connectivity index (χ1) is 14.0. The van der Waals surface area contributed by atoms with Crippen molar-refractivity contribution in [3.05, 3.63) is 59.4 Å². The number of carbonyl (C=O) groups is 3. The van der Waals surface area contributed by atoms with E-state index in [4.69, 9.17) is 5.73 Å². The summed E-state index contributed by atoms with van der Waals surface area (Å²) in [6.07, 6.45) is 1.48. The Morgan fingerprint density at radius 1 is 1.07 bits per heavy atom. The second kappa shape index (κ2) is 8.06. The molecule has 1 aromatic carbocycles. The van der Waals surface area contributed by atoms with Gasteiger partial charge in [-0.2, -0.15) is 4.37 Å². The number of Topliss-reactive ketones (excluding diaryl/α,β-unsaturated/α-hetero) is 1. The summed E-state index contributed by atoms with van der Waals surface area (Å²) in [5.74, 6) is -2.11. The molecular weight excluding hydrogens is 390 g/mol. The normalized spacial score (nSPS) is 14.8. The Bertz CT molecular complexity index is 1070. The maximum atomic E-state index is 12.9. The standard InChI is InChI=1S/C20H19N5O3S/c21-18(27)17(26)16-15-10-14(11-22-19(15)29-23-16)20(28)25-8-6-24(7-9-25)12-13-4-2-1-3-5-13/h1-5,10-11H,6-9,12H2,(H2,21,27). The van der Waals surface area contributed by atoms with Gasteiger partial charge in [0.05, 0.1) is 5.56 Å². The summed E-state index contributed by atoms with van der Waals surface area (Å²) in [5.41, 5.74) is 6.65. The number of rotatable bonds is 5. The fourth-order valence-electron chi connectivity index (χ4n) is 3.36. The molecular formula is C20H19N5O3S. The highest BCUT2D eigenvalue weighted by Crippen LogP contribution is 2.23. The molecule has 29 heavy (non-hydrogen) atoms. The topological polar surface area (TPSA) is 109 Å². The SMILES string of the molecule is NC(=O)C(=O)c1nsc2ncc(C(=O)N3CCN(Cc4ccccc4)CC3)cc12. The van der Waals surface area contributed by atoms with Gasteiger partial charge in [0.15, 0.2) is 0 Å². The highest BCUT2D eigenvalue weighted by molar-refractivity contribution is 7.13. The van der Waals surface area contributed by atoms with Crippen LogP contribution < -0.4 is 5.73 Å². The zero-order valence-electron chi connectivity index (χ0n) is 15.6. The number of primary amides is 1. The Labute approximate surface area is 171 Å². The summed E-state index contributed by atoms with van der Waals surface area (Å²) in [7, 11) is 0. The zero-order chi connectivity index (χ0) is 20.4. The molecule has 3 aromatic rings. The molecule has 148 valence electrons. The quantitative estimate of drug-likeness (QED) is 0.503. The van der Waals surface area contributed by atoms with E-state index in [1.165, 1.54) is 11.8 Å². The van der Waals surface area contributed by atoms with Gasteiger partial charge in [-0.25, -0.2) is 4.98 Å². The van der Waals surface area contributed by atoms with E-state index in [1.54, 1.807) is 11.0 Å². The molecule has 1 saturated heterocycles. The number of nitrogens with zero attached hydrogens (tertiary/aromatic N) is 4. The zero-order valence-corrected chi connectivity index (χ0v) is 16.4. The van der Waals surface area contributed by atoms with Gasteiger partial charge in [0.1, 0.15) is 10.5 Å². The van der Waals surface area contributed by atoms with Crippen molar-refractivity contribution < 1.29 is 14.4 Å². The molecule has 0 unspecified atom stereocenters. The van der Waals surface area contributed by atoms with Crippen molar-refractivity contribution in [1.82, 2.24) is 19.2 Å². The van der Waals surface area contributed by atoms with Crippen LogP contribution in [0, 0.1) is 0 Å². The molecule has 1 aliphatic rings.